The van der Waals surface area contributed by atoms with Crippen LogP contribution < -0.4 is 5.56 Å². The van der Waals surface area contributed by atoms with E-state index in [2.05, 4.69) is 10.1 Å². The average Bonchev–Trinajstić information content (AvgIpc) is 2.88. The summed E-state index contributed by atoms with van der Waals surface area (Å²) in [7, 11) is 0. The second-order valence-corrected chi connectivity index (χ2v) is 5.74. The molecule has 8 nitrogen and oxygen atoms in total. The molecular weight excluding hydrogens is 322 g/mol. The van der Waals surface area contributed by atoms with Gasteiger partial charge in [-0.25, -0.2) is 9.78 Å². The fourth-order valence-electron chi connectivity index (χ4n) is 1.92. The summed E-state index contributed by atoms with van der Waals surface area (Å²) in [5.74, 6) is -1.31. The van der Waals surface area contributed by atoms with Gasteiger partial charge in [0, 0.05) is 17.8 Å². The third-order valence-corrected chi connectivity index (χ3v) is 3.82. The van der Waals surface area contributed by atoms with E-state index in [1.54, 1.807) is 6.92 Å². The fourth-order valence-corrected chi connectivity index (χ4v) is 2.77. The van der Waals surface area contributed by atoms with Gasteiger partial charge >= 0.3 is 5.97 Å². The highest BCUT2D eigenvalue weighted by Crippen LogP contribution is 2.23. The number of hydrogen-bond acceptors (Lipinski definition) is 8. The molecule has 0 unspecified atom stereocenters. The number of carbonyl (C=O) groups is 1. The number of ether oxygens (including phenoxy) is 1. The maximum absolute atomic E-state index is 11.9. The Morgan fingerprint density at radius 2 is 2.13 bits per heavy atom. The Kier molecular flexibility index (Phi) is 3.70. The number of aryl methyl sites for hydroxylation is 1. The number of fused-ring (bicyclic) bond motifs is 1. The number of aromatic nitrogens is 3. The summed E-state index contributed by atoms with van der Waals surface area (Å²) in [6.45, 7) is 1.54. The number of rotatable bonds is 3. The Morgan fingerprint density at radius 3 is 2.87 bits per heavy atom. The van der Waals surface area contributed by atoms with Crippen LogP contribution in [0.3, 0.4) is 0 Å². The first-order valence-electron chi connectivity index (χ1n) is 6.49. The highest BCUT2D eigenvalue weighted by Gasteiger charge is 2.15. The molecule has 23 heavy (non-hydrogen) atoms. The van der Waals surface area contributed by atoms with Crippen LogP contribution in [0.4, 0.5) is 0 Å². The summed E-state index contributed by atoms with van der Waals surface area (Å²) in [5.41, 5.74) is 0.198. The largest absolute Gasteiger partial charge is 0.508 e. The molecule has 2 N–H and O–H groups in total. The summed E-state index contributed by atoms with van der Waals surface area (Å²) in [4.78, 5) is 28.3. The monoisotopic (exact) mass is 333 g/mol. The average molecular weight is 333 g/mol. The van der Waals surface area contributed by atoms with E-state index in [0.717, 1.165) is 21.9 Å². The van der Waals surface area contributed by atoms with Gasteiger partial charge in [-0.3, -0.25) is 4.79 Å². The number of carbonyl (C=O) groups excluding carboxylic acids is 1. The van der Waals surface area contributed by atoms with E-state index in [1.165, 1.54) is 18.2 Å². The van der Waals surface area contributed by atoms with Gasteiger partial charge < -0.3 is 14.9 Å². The third-order valence-electron chi connectivity index (χ3n) is 2.94. The summed E-state index contributed by atoms with van der Waals surface area (Å²) >= 11 is 1.13. The lowest BCUT2D eigenvalue weighted by molar-refractivity contribution is 0.0468. The predicted octanol–water partition coefficient (Wildman–Crippen LogP) is 1.23. The normalized spacial score (nSPS) is 10.8. The van der Waals surface area contributed by atoms with Gasteiger partial charge in [0.25, 0.3) is 5.56 Å². The van der Waals surface area contributed by atoms with Crippen LogP contribution in [0.15, 0.2) is 29.1 Å². The van der Waals surface area contributed by atoms with E-state index in [4.69, 9.17) is 4.74 Å². The van der Waals surface area contributed by atoms with E-state index >= 15 is 0 Å². The molecule has 2 heterocycles. The lowest BCUT2D eigenvalue weighted by atomic mass is 10.2. The molecule has 0 amide bonds. The molecule has 3 aromatic rings. The Morgan fingerprint density at radius 1 is 1.35 bits per heavy atom. The molecular formula is C14H11N3O5S. The lowest BCUT2D eigenvalue weighted by Gasteiger charge is -2.04. The molecule has 0 spiro atoms. The second kappa shape index (κ2) is 5.69. The highest BCUT2D eigenvalue weighted by molar-refractivity contribution is 7.16. The SMILES string of the molecule is Cc1cc(=O)n2nc(COC(=O)c3ccc(O)cc3O)sc2n1. The molecule has 0 aliphatic rings. The smallest absolute Gasteiger partial charge is 0.342 e. The van der Waals surface area contributed by atoms with Crippen molar-refractivity contribution in [1.82, 2.24) is 14.6 Å². The molecule has 0 saturated carbocycles. The molecule has 0 fully saturated rings. The van der Waals surface area contributed by atoms with Crippen molar-refractivity contribution in [1.29, 1.82) is 0 Å². The van der Waals surface area contributed by atoms with E-state index in [-0.39, 0.29) is 29.2 Å². The zero-order chi connectivity index (χ0) is 16.6. The standard InChI is InChI=1S/C14H11N3O5S/c1-7-4-12(20)17-14(15-7)23-11(16-17)6-22-13(21)9-3-2-8(18)5-10(9)19/h2-5,18-19H,6H2,1H3. The van der Waals surface area contributed by atoms with E-state index in [9.17, 15) is 19.8 Å². The van der Waals surface area contributed by atoms with Gasteiger partial charge in [-0.2, -0.15) is 9.61 Å². The summed E-state index contributed by atoms with van der Waals surface area (Å²) in [6.07, 6.45) is 0. The quantitative estimate of drug-likeness (QED) is 0.693. The minimum atomic E-state index is -0.766. The molecule has 118 valence electrons. The van der Waals surface area contributed by atoms with Gasteiger partial charge in [0.15, 0.2) is 5.01 Å². The summed E-state index contributed by atoms with van der Waals surface area (Å²) in [6, 6.07) is 4.92. The van der Waals surface area contributed by atoms with Crippen LogP contribution in [0.25, 0.3) is 4.96 Å². The first kappa shape index (κ1) is 15.0. The number of benzene rings is 1. The van der Waals surface area contributed by atoms with Crippen LogP contribution >= 0.6 is 11.3 Å². The zero-order valence-corrected chi connectivity index (χ0v) is 12.7. The Hall–Kier alpha value is -2.94. The minimum Gasteiger partial charge on any atom is -0.508 e. The van der Waals surface area contributed by atoms with E-state index in [1.807, 2.05) is 0 Å². The van der Waals surface area contributed by atoms with Gasteiger partial charge in [-0.15, -0.1) is 0 Å². The number of phenolic OH excluding ortho intramolecular Hbond substituents is 2. The van der Waals surface area contributed by atoms with Crippen molar-refractivity contribution < 1.29 is 19.7 Å². The number of esters is 1. The highest BCUT2D eigenvalue weighted by atomic mass is 32.1. The summed E-state index contributed by atoms with van der Waals surface area (Å²) < 4.78 is 6.20. The van der Waals surface area contributed by atoms with Crippen molar-refractivity contribution in [3.63, 3.8) is 0 Å². The van der Waals surface area contributed by atoms with Crippen LogP contribution in [0.2, 0.25) is 0 Å². The molecule has 2 aromatic heterocycles. The van der Waals surface area contributed by atoms with Crippen molar-refractivity contribution >= 4 is 22.3 Å². The van der Waals surface area contributed by atoms with Crippen LogP contribution in [-0.4, -0.2) is 30.8 Å². The Bertz CT molecular complexity index is 963. The van der Waals surface area contributed by atoms with Crippen LogP contribution in [0.1, 0.15) is 21.1 Å². The molecule has 0 bridgehead atoms. The van der Waals surface area contributed by atoms with Crippen LogP contribution in [0.5, 0.6) is 11.5 Å². The van der Waals surface area contributed by atoms with Crippen molar-refractivity contribution in [3.8, 4) is 11.5 Å². The molecule has 1 aromatic carbocycles. The van der Waals surface area contributed by atoms with E-state index in [0.29, 0.717) is 15.7 Å². The van der Waals surface area contributed by atoms with Gasteiger partial charge in [0.05, 0.1) is 0 Å². The van der Waals surface area contributed by atoms with Crippen molar-refractivity contribution in [2.24, 2.45) is 0 Å². The first-order chi connectivity index (χ1) is 10.9. The van der Waals surface area contributed by atoms with Crippen molar-refractivity contribution in [2.75, 3.05) is 0 Å². The van der Waals surface area contributed by atoms with Gasteiger partial charge in [-0.05, 0) is 19.1 Å². The Labute approximate surface area is 133 Å². The number of aromatic hydroxyl groups is 2. The maximum atomic E-state index is 11.9. The molecule has 0 aliphatic heterocycles. The molecule has 0 saturated heterocycles. The predicted molar refractivity (Wildman–Crippen MR) is 80.8 cm³/mol. The first-order valence-corrected chi connectivity index (χ1v) is 7.31. The maximum Gasteiger partial charge on any atom is 0.342 e. The van der Waals surface area contributed by atoms with Gasteiger partial charge in [0.1, 0.15) is 23.7 Å². The minimum absolute atomic E-state index is 0.0740. The molecule has 0 aliphatic carbocycles. The number of phenols is 2. The topological polar surface area (TPSA) is 114 Å². The van der Waals surface area contributed by atoms with Crippen LogP contribution in [0, 0.1) is 6.92 Å². The molecule has 9 heteroatoms. The van der Waals surface area contributed by atoms with Crippen LogP contribution in [-0.2, 0) is 11.3 Å². The van der Waals surface area contributed by atoms with Gasteiger partial charge in [0.2, 0.25) is 4.96 Å². The van der Waals surface area contributed by atoms with E-state index < -0.39 is 5.97 Å². The second-order valence-electron chi connectivity index (χ2n) is 4.70. The molecule has 3 rings (SSSR count). The molecule has 0 atom stereocenters. The third kappa shape index (κ3) is 2.99. The summed E-state index contributed by atoms with van der Waals surface area (Å²) in [5, 5.41) is 23.2. The zero-order valence-electron chi connectivity index (χ0n) is 11.9. The van der Waals surface area contributed by atoms with Crippen molar-refractivity contribution in [2.45, 2.75) is 13.5 Å². The van der Waals surface area contributed by atoms with Crippen molar-refractivity contribution in [3.05, 3.63) is 50.9 Å². The van der Waals surface area contributed by atoms with Gasteiger partial charge in [-0.1, -0.05) is 11.3 Å². The number of nitrogens with zero attached hydrogens (tertiary/aromatic N) is 3. The number of hydrogen-bond donors (Lipinski definition) is 2. The molecule has 0 radical (unpaired) electrons. The Balaban J connectivity index is 1.79. The fraction of sp³-hybridized carbons (Fsp3) is 0.143. The lowest BCUT2D eigenvalue weighted by Crippen LogP contribution is -2.14.